The van der Waals surface area contributed by atoms with Gasteiger partial charge in [-0.25, -0.2) is 9.97 Å². The molecule has 3 N–H and O–H groups in total. The van der Waals surface area contributed by atoms with E-state index in [2.05, 4.69) is 26.3 Å². The number of benzene rings is 1. The van der Waals surface area contributed by atoms with E-state index in [-0.39, 0.29) is 5.91 Å². The molecule has 0 saturated carbocycles. The highest BCUT2D eigenvalue weighted by molar-refractivity contribution is 7.20. The highest BCUT2D eigenvalue weighted by atomic mass is 32.1. The Morgan fingerprint density at radius 3 is 2.90 bits per heavy atom. The molecule has 0 aliphatic carbocycles. The van der Waals surface area contributed by atoms with Crippen molar-refractivity contribution in [3.63, 3.8) is 0 Å². The molecule has 0 atom stereocenters. The predicted octanol–water partition coefficient (Wildman–Crippen LogP) is 3.18. The fraction of sp³-hybridized carbons (Fsp3) is 0.0952. The summed E-state index contributed by atoms with van der Waals surface area (Å²) in [5.41, 5.74) is 8.39. The molecular formula is C21H16N6OS. The standard InChI is InChI=1S/C21H16N6OS/c22-11-14-3-1-5-15(9-14)19-26-18(23)16-10-17(29-21(16)27-19)20(28)25-8-6-13-4-2-7-24-12-13/h1-5,7,9-10,12H,6,8H2,(H,25,28)(H2,23,26,27). The van der Waals surface area contributed by atoms with Crippen molar-refractivity contribution in [1.29, 1.82) is 5.26 Å². The molecule has 0 aliphatic rings. The normalized spacial score (nSPS) is 10.6. The van der Waals surface area contributed by atoms with Crippen molar-refractivity contribution in [2.24, 2.45) is 0 Å². The number of hydrogen-bond donors (Lipinski definition) is 2. The first kappa shape index (κ1) is 18.5. The quantitative estimate of drug-likeness (QED) is 0.531. The number of aromatic nitrogens is 3. The number of nitrogens with two attached hydrogens (primary N) is 1. The molecule has 8 heteroatoms. The molecule has 29 heavy (non-hydrogen) atoms. The van der Waals surface area contributed by atoms with E-state index in [9.17, 15) is 4.79 Å². The minimum atomic E-state index is -0.177. The van der Waals surface area contributed by atoms with E-state index in [1.54, 1.807) is 36.7 Å². The third-order valence-corrected chi connectivity index (χ3v) is 5.35. The van der Waals surface area contributed by atoms with Crippen LogP contribution < -0.4 is 11.1 Å². The zero-order valence-electron chi connectivity index (χ0n) is 15.3. The molecule has 0 bridgehead atoms. The summed E-state index contributed by atoms with van der Waals surface area (Å²) < 4.78 is 0. The van der Waals surface area contributed by atoms with Gasteiger partial charge >= 0.3 is 0 Å². The largest absolute Gasteiger partial charge is 0.383 e. The third-order valence-electron chi connectivity index (χ3n) is 4.32. The van der Waals surface area contributed by atoms with Crippen LogP contribution in [0.3, 0.4) is 0 Å². The van der Waals surface area contributed by atoms with Gasteiger partial charge in [0.05, 0.1) is 21.9 Å². The van der Waals surface area contributed by atoms with Gasteiger partial charge in [-0.1, -0.05) is 18.2 Å². The summed E-state index contributed by atoms with van der Waals surface area (Å²) in [7, 11) is 0. The lowest BCUT2D eigenvalue weighted by Crippen LogP contribution is -2.24. The number of anilines is 1. The highest BCUT2D eigenvalue weighted by Gasteiger charge is 2.15. The molecule has 0 aliphatic heterocycles. The molecule has 7 nitrogen and oxygen atoms in total. The summed E-state index contributed by atoms with van der Waals surface area (Å²) in [6.07, 6.45) is 4.20. The second kappa shape index (κ2) is 8.04. The van der Waals surface area contributed by atoms with Crippen LogP contribution in [-0.4, -0.2) is 27.4 Å². The van der Waals surface area contributed by atoms with Crippen LogP contribution in [0.5, 0.6) is 0 Å². The molecule has 1 amide bonds. The first-order valence-corrected chi connectivity index (χ1v) is 9.70. The Kier molecular flexibility index (Phi) is 5.14. The number of rotatable bonds is 5. The maximum absolute atomic E-state index is 12.5. The van der Waals surface area contributed by atoms with E-state index in [4.69, 9.17) is 11.0 Å². The maximum Gasteiger partial charge on any atom is 0.261 e. The molecule has 3 heterocycles. The van der Waals surface area contributed by atoms with Crippen LogP contribution in [0.4, 0.5) is 5.82 Å². The van der Waals surface area contributed by atoms with Crippen LogP contribution in [0.1, 0.15) is 20.8 Å². The number of carbonyl (C=O) groups is 1. The third kappa shape index (κ3) is 4.05. The average molecular weight is 400 g/mol. The fourth-order valence-corrected chi connectivity index (χ4v) is 3.82. The van der Waals surface area contributed by atoms with E-state index < -0.39 is 0 Å². The van der Waals surface area contributed by atoms with Crippen molar-refractivity contribution in [2.75, 3.05) is 12.3 Å². The second-order valence-electron chi connectivity index (χ2n) is 6.32. The Labute approximate surface area is 170 Å². The summed E-state index contributed by atoms with van der Waals surface area (Å²) in [6.45, 7) is 0.506. The number of hydrogen-bond acceptors (Lipinski definition) is 7. The molecular weight excluding hydrogens is 384 g/mol. The lowest BCUT2D eigenvalue weighted by atomic mass is 10.1. The number of fused-ring (bicyclic) bond motifs is 1. The molecule has 1 aromatic carbocycles. The van der Waals surface area contributed by atoms with Gasteiger partial charge in [0, 0.05) is 24.5 Å². The van der Waals surface area contributed by atoms with E-state index in [0.717, 1.165) is 5.56 Å². The number of amides is 1. The zero-order chi connectivity index (χ0) is 20.2. The lowest BCUT2D eigenvalue weighted by molar-refractivity contribution is 0.0958. The van der Waals surface area contributed by atoms with Crippen LogP contribution in [0, 0.1) is 11.3 Å². The van der Waals surface area contributed by atoms with Crippen molar-refractivity contribution in [3.8, 4) is 17.5 Å². The van der Waals surface area contributed by atoms with Crippen molar-refractivity contribution in [1.82, 2.24) is 20.3 Å². The van der Waals surface area contributed by atoms with E-state index in [1.165, 1.54) is 11.3 Å². The summed E-state index contributed by atoms with van der Waals surface area (Å²) in [6, 6.07) is 14.7. The number of nitrogen functional groups attached to an aromatic ring is 1. The molecule has 0 saturated heterocycles. The van der Waals surface area contributed by atoms with E-state index in [0.29, 0.717) is 50.8 Å². The number of thiophene rings is 1. The summed E-state index contributed by atoms with van der Waals surface area (Å²) in [5.74, 6) is 0.555. The first-order chi connectivity index (χ1) is 14.1. The van der Waals surface area contributed by atoms with Crippen LogP contribution in [0.2, 0.25) is 0 Å². The van der Waals surface area contributed by atoms with Crippen LogP contribution in [-0.2, 0) is 6.42 Å². The SMILES string of the molecule is N#Cc1cccc(-c2nc(N)c3cc(C(=O)NCCc4cccnc4)sc3n2)c1. The Morgan fingerprint density at radius 1 is 1.21 bits per heavy atom. The first-order valence-electron chi connectivity index (χ1n) is 8.89. The zero-order valence-corrected chi connectivity index (χ0v) is 16.1. The van der Waals surface area contributed by atoms with Gasteiger partial charge in [-0.15, -0.1) is 11.3 Å². The topological polar surface area (TPSA) is 118 Å². The Balaban J connectivity index is 1.55. The molecule has 0 radical (unpaired) electrons. The van der Waals surface area contributed by atoms with Crippen LogP contribution in [0.25, 0.3) is 21.6 Å². The van der Waals surface area contributed by atoms with Gasteiger partial charge in [-0.05, 0) is 36.2 Å². The van der Waals surface area contributed by atoms with E-state index >= 15 is 0 Å². The van der Waals surface area contributed by atoms with Gasteiger partial charge in [-0.3, -0.25) is 9.78 Å². The number of nitriles is 1. The molecule has 142 valence electrons. The van der Waals surface area contributed by atoms with Crippen molar-refractivity contribution in [3.05, 3.63) is 70.9 Å². The smallest absolute Gasteiger partial charge is 0.261 e. The molecule has 4 aromatic rings. The monoisotopic (exact) mass is 400 g/mol. The number of carbonyl (C=O) groups excluding carboxylic acids is 1. The molecule has 4 rings (SSSR count). The number of pyridine rings is 1. The summed E-state index contributed by atoms with van der Waals surface area (Å²) in [5, 5.41) is 12.6. The number of nitrogens with one attached hydrogen (secondary N) is 1. The number of nitrogens with zero attached hydrogens (tertiary/aromatic N) is 4. The molecule has 0 spiro atoms. The Hall–Kier alpha value is -3.83. The van der Waals surface area contributed by atoms with Gasteiger partial charge in [0.1, 0.15) is 10.6 Å². The minimum Gasteiger partial charge on any atom is -0.383 e. The summed E-state index contributed by atoms with van der Waals surface area (Å²) in [4.78, 5) is 26.6. The van der Waals surface area contributed by atoms with Crippen LogP contribution in [0.15, 0.2) is 54.9 Å². The molecule has 0 unspecified atom stereocenters. The fourth-order valence-electron chi connectivity index (χ4n) is 2.87. The second-order valence-corrected chi connectivity index (χ2v) is 7.35. The van der Waals surface area contributed by atoms with Crippen molar-refractivity contribution < 1.29 is 4.79 Å². The predicted molar refractivity (Wildman–Crippen MR) is 112 cm³/mol. The van der Waals surface area contributed by atoms with Gasteiger partial charge in [0.15, 0.2) is 5.82 Å². The van der Waals surface area contributed by atoms with Crippen molar-refractivity contribution in [2.45, 2.75) is 6.42 Å². The maximum atomic E-state index is 12.5. The van der Waals surface area contributed by atoms with Gasteiger partial charge in [0.25, 0.3) is 5.91 Å². The summed E-state index contributed by atoms with van der Waals surface area (Å²) >= 11 is 1.26. The van der Waals surface area contributed by atoms with Gasteiger partial charge in [-0.2, -0.15) is 5.26 Å². The minimum absolute atomic E-state index is 0.177. The molecule has 3 aromatic heterocycles. The molecule has 0 fully saturated rings. The van der Waals surface area contributed by atoms with Crippen LogP contribution >= 0.6 is 11.3 Å². The average Bonchev–Trinajstić information content (AvgIpc) is 3.19. The lowest BCUT2D eigenvalue weighted by Gasteiger charge is -2.03. The van der Waals surface area contributed by atoms with Gasteiger partial charge < -0.3 is 11.1 Å². The Morgan fingerprint density at radius 2 is 2.10 bits per heavy atom. The Bertz CT molecular complexity index is 1230. The van der Waals surface area contributed by atoms with Gasteiger partial charge in [0.2, 0.25) is 0 Å². The van der Waals surface area contributed by atoms with E-state index in [1.807, 2.05) is 18.2 Å². The van der Waals surface area contributed by atoms with Crippen molar-refractivity contribution >= 4 is 33.3 Å². The highest BCUT2D eigenvalue weighted by Crippen LogP contribution is 2.30.